The van der Waals surface area contributed by atoms with Gasteiger partial charge in [-0.05, 0) is 32.2 Å². The van der Waals surface area contributed by atoms with Crippen LogP contribution in [0.5, 0.6) is 0 Å². The van der Waals surface area contributed by atoms with Crippen molar-refractivity contribution in [3.05, 3.63) is 0 Å². The fourth-order valence-corrected chi connectivity index (χ4v) is 2.20. The van der Waals surface area contributed by atoms with E-state index in [4.69, 9.17) is 9.47 Å². The minimum Gasteiger partial charge on any atom is -0.382 e. The van der Waals surface area contributed by atoms with Crippen LogP contribution in [0.25, 0.3) is 0 Å². The molecule has 1 unspecified atom stereocenters. The van der Waals surface area contributed by atoms with Gasteiger partial charge in [0.2, 0.25) is 5.91 Å². The smallest absolute Gasteiger partial charge is 0.221 e. The van der Waals surface area contributed by atoms with E-state index in [0.29, 0.717) is 25.7 Å². The maximum absolute atomic E-state index is 11.7. The Bertz CT molecular complexity index is 231. The molecule has 1 atom stereocenters. The molecule has 1 aliphatic rings. The Morgan fingerprint density at radius 3 is 2.89 bits per heavy atom. The zero-order chi connectivity index (χ0) is 13.8. The van der Waals surface area contributed by atoms with Crippen molar-refractivity contribution in [2.75, 3.05) is 40.0 Å². The number of amides is 1. The van der Waals surface area contributed by atoms with Crippen molar-refractivity contribution < 1.29 is 14.3 Å². The van der Waals surface area contributed by atoms with E-state index in [1.807, 2.05) is 0 Å². The molecule has 2 N–H and O–H groups in total. The van der Waals surface area contributed by atoms with E-state index in [1.165, 1.54) is 12.8 Å². The van der Waals surface area contributed by atoms with Crippen LogP contribution in [-0.4, -0.2) is 52.0 Å². The second kappa shape index (κ2) is 11.2. The Hall–Kier alpha value is -0.650. The lowest BCUT2D eigenvalue weighted by Crippen LogP contribution is -2.38. The highest BCUT2D eigenvalue weighted by molar-refractivity contribution is 5.76. The molecule has 1 fully saturated rings. The molecule has 5 nitrogen and oxygen atoms in total. The summed E-state index contributed by atoms with van der Waals surface area (Å²) in [6.07, 6.45) is 6.17. The summed E-state index contributed by atoms with van der Waals surface area (Å²) < 4.78 is 10.2. The topological polar surface area (TPSA) is 59.6 Å². The van der Waals surface area contributed by atoms with Gasteiger partial charge in [0, 0.05) is 32.7 Å². The maximum Gasteiger partial charge on any atom is 0.221 e. The first kappa shape index (κ1) is 16.4. The van der Waals surface area contributed by atoms with Gasteiger partial charge in [-0.3, -0.25) is 4.79 Å². The average Bonchev–Trinajstić information content (AvgIpc) is 2.43. The van der Waals surface area contributed by atoms with Gasteiger partial charge in [0.05, 0.1) is 13.2 Å². The van der Waals surface area contributed by atoms with Crippen LogP contribution in [0.2, 0.25) is 0 Å². The molecule has 19 heavy (non-hydrogen) atoms. The summed E-state index contributed by atoms with van der Waals surface area (Å²) in [5.41, 5.74) is 0. The molecule has 0 aromatic carbocycles. The van der Waals surface area contributed by atoms with Crippen molar-refractivity contribution in [1.29, 1.82) is 0 Å². The molecule has 0 radical (unpaired) electrons. The van der Waals surface area contributed by atoms with Gasteiger partial charge in [0.25, 0.3) is 0 Å². The molecule has 5 heteroatoms. The van der Waals surface area contributed by atoms with Crippen LogP contribution in [0.1, 0.15) is 38.5 Å². The van der Waals surface area contributed by atoms with Crippen LogP contribution in [-0.2, 0) is 14.3 Å². The number of rotatable bonds is 10. The van der Waals surface area contributed by atoms with Crippen LogP contribution in [0.4, 0.5) is 0 Å². The van der Waals surface area contributed by atoms with Gasteiger partial charge in [0.15, 0.2) is 0 Å². The first-order valence-corrected chi connectivity index (χ1v) is 7.39. The Morgan fingerprint density at radius 2 is 2.16 bits per heavy atom. The van der Waals surface area contributed by atoms with E-state index in [1.54, 1.807) is 7.11 Å². The minimum absolute atomic E-state index is 0.166. The molecule has 112 valence electrons. The summed E-state index contributed by atoms with van der Waals surface area (Å²) in [5, 5.41) is 6.36. The molecule has 0 spiro atoms. The predicted molar refractivity (Wildman–Crippen MR) is 75.2 cm³/mol. The van der Waals surface area contributed by atoms with Crippen molar-refractivity contribution in [2.45, 2.75) is 44.6 Å². The largest absolute Gasteiger partial charge is 0.382 e. The van der Waals surface area contributed by atoms with Crippen molar-refractivity contribution in [3.8, 4) is 0 Å². The Kier molecular flexibility index (Phi) is 9.67. The van der Waals surface area contributed by atoms with Crippen LogP contribution >= 0.6 is 0 Å². The summed E-state index contributed by atoms with van der Waals surface area (Å²) in [6.45, 7) is 3.83. The Balaban J connectivity index is 1.87. The summed E-state index contributed by atoms with van der Waals surface area (Å²) >= 11 is 0. The highest BCUT2D eigenvalue weighted by atomic mass is 16.5. The van der Waals surface area contributed by atoms with Crippen LogP contribution in [0, 0.1) is 0 Å². The van der Waals surface area contributed by atoms with Gasteiger partial charge >= 0.3 is 0 Å². The third-order valence-corrected chi connectivity index (χ3v) is 3.31. The Labute approximate surface area is 116 Å². The van der Waals surface area contributed by atoms with Crippen molar-refractivity contribution in [3.63, 3.8) is 0 Å². The lowest BCUT2D eigenvalue weighted by Gasteiger charge is -2.22. The quantitative estimate of drug-likeness (QED) is 0.584. The zero-order valence-corrected chi connectivity index (χ0v) is 12.1. The molecular weight excluding hydrogens is 244 g/mol. The average molecular weight is 272 g/mol. The summed E-state index contributed by atoms with van der Waals surface area (Å²) in [4.78, 5) is 11.7. The molecule has 0 saturated carbocycles. The lowest BCUT2D eigenvalue weighted by molar-refractivity contribution is -0.121. The fraction of sp³-hybridized carbons (Fsp3) is 0.929. The van der Waals surface area contributed by atoms with E-state index >= 15 is 0 Å². The highest BCUT2D eigenvalue weighted by Crippen LogP contribution is 2.09. The zero-order valence-electron chi connectivity index (χ0n) is 12.1. The van der Waals surface area contributed by atoms with Gasteiger partial charge in [-0.15, -0.1) is 0 Å². The number of unbranched alkanes of at least 4 members (excludes halogenated alkanes) is 1. The number of hydrogen-bond acceptors (Lipinski definition) is 4. The van der Waals surface area contributed by atoms with Gasteiger partial charge in [-0.2, -0.15) is 0 Å². The van der Waals surface area contributed by atoms with Crippen molar-refractivity contribution in [1.82, 2.24) is 10.6 Å². The lowest BCUT2D eigenvalue weighted by atomic mass is 10.0. The summed E-state index contributed by atoms with van der Waals surface area (Å²) in [7, 11) is 1.67. The number of piperidine rings is 1. The number of ether oxygens (including phenoxy) is 2. The predicted octanol–water partition coefficient (Wildman–Crippen LogP) is 1.08. The molecule has 1 amide bonds. The SMILES string of the molecule is COCCOCCCCNC(=O)CC1CCCCN1. The molecule has 1 rings (SSSR count). The second-order valence-corrected chi connectivity index (χ2v) is 5.01. The van der Waals surface area contributed by atoms with Gasteiger partial charge in [-0.1, -0.05) is 6.42 Å². The number of nitrogens with one attached hydrogen (secondary N) is 2. The van der Waals surface area contributed by atoms with E-state index in [2.05, 4.69) is 10.6 Å². The van der Waals surface area contributed by atoms with E-state index < -0.39 is 0 Å². The third kappa shape index (κ3) is 8.97. The van der Waals surface area contributed by atoms with Crippen LogP contribution in [0.3, 0.4) is 0 Å². The fourth-order valence-electron chi connectivity index (χ4n) is 2.20. The number of carbonyl (C=O) groups is 1. The molecule has 0 bridgehead atoms. The molecule has 0 aromatic heterocycles. The second-order valence-electron chi connectivity index (χ2n) is 5.01. The maximum atomic E-state index is 11.7. The van der Waals surface area contributed by atoms with E-state index in [9.17, 15) is 4.79 Å². The third-order valence-electron chi connectivity index (χ3n) is 3.31. The standard InChI is InChI=1S/C14H28N2O3/c1-18-10-11-19-9-5-4-8-16-14(17)12-13-6-2-3-7-15-13/h13,15H,2-12H2,1H3,(H,16,17). The number of carbonyl (C=O) groups excluding carboxylic acids is 1. The van der Waals surface area contributed by atoms with Crippen molar-refractivity contribution >= 4 is 5.91 Å². The molecular formula is C14H28N2O3. The Morgan fingerprint density at radius 1 is 1.26 bits per heavy atom. The monoisotopic (exact) mass is 272 g/mol. The first-order valence-electron chi connectivity index (χ1n) is 7.39. The molecule has 0 aromatic rings. The van der Waals surface area contributed by atoms with Gasteiger partial charge < -0.3 is 20.1 Å². The minimum atomic E-state index is 0.166. The summed E-state index contributed by atoms with van der Waals surface area (Å²) in [6, 6.07) is 0.381. The molecule has 1 heterocycles. The van der Waals surface area contributed by atoms with E-state index in [0.717, 1.165) is 39.0 Å². The number of hydrogen-bond donors (Lipinski definition) is 2. The van der Waals surface area contributed by atoms with Gasteiger partial charge in [0.1, 0.15) is 0 Å². The first-order chi connectivity index (χ1) is 9.33. The highest BCUT2D eigenvalue weighted by Gasteiger charge is 2.15. The summed E-state index contributed by atoms with van der Waals surface area (Å²) in [5.74, 6) is 0.166. The number of methoxy groups -OCH3 is 1. The molecule has 1 aliphatic heterocycles. The molecule has 1 saturated heterocycles. The normalized spacial score (nSPS) is 19.3. The van der Waals surface area contributed by atoms with Gasteiger partial charge in [-0.25, -0.2) is 0 Å². The van der Waals surface area contributed by atoms with Crippen molar-refractivity contribution in [2.24, 2.45) is 0 Å². The van der Waals surface area contributed by atoms with Crippen LogP contribution in [0.15, 0.2) is 0 Å². The van der Waals surface area contributed by atoms with E-state index in [-0.39, 0.29) is 5.91 Å². The molecule has 0 aliphatic carbocycles. The van der Waals surface area contributed by atoms with Crippen LogP contribution < -0.4 is 10.6 Å².